The molecule has 0 bridgehead atoms. The standard InChI is InChI=1S/C19H13BrClFN2O3/c20-17-8-7-16(27-17)19(26)24-12-3-1-11(2-4-12)9-18(25)23-13-5-6-14(21)15(22)10-13/h1-8,10H,9H2,(H,23,25)(H,24,26). The molecule has 0 atom stereocenters. The first kappa shape index (κ1) is 19.1. The maximum absolute atomic E-state index is 13.4. The number of halogens is 3. The van der Waals surface area contributed by atoms with Crippen LogP contribution in [0, 0.1) is 5.82 Å². The third-order valence-corrected chi connectivity index (χ3v) is 4.31. The van der Waals surface area contributed by atoms with Crippen molar-refractivity contribution in [2.75, 3.05) is 10.6 Å². The van der Waals surface area contributed by atoms with Crippen LogP contribution in [0.15, 0.2) is 63.7 Å². The van der Waals surface area contributed by atoms with E-state index in [1.807, 2.05) is 0 Å². The zero-order valence-electron chi connectivity index (χ0n) is 13.8. The van der Waals surface area contributed by atoms with Crippen molar-refractivity contribution in [1.29, 1.82) is 0 Å². The Kier molecular flexibility index (Phi) is 5.93. The van der Waals surface area contributed by atoms with Crippen molar-refractivity contribution in [1.82, 2.24) is 0 Å². The molecule has 3 rings (SSSR count). The molecule has 0 aliphatic heterocycles. The summed E-state index contributed by atoms with van der Waals surface area (Å²) in [5, 5.41) is 5.29. The second kappa shape index (κ2) is 8.37. The Balaban J connectivity index is 1.57. The summed E-state index contributed by atoms with van der Waals surface area (Å²) >= 11 is 8.75. The fourth-order valence-electron chi connectivity index (χ4n) is 2.30. The minimum Gasteiger partial charge on any atom is -0.444 e. The molecule has 1 heterocycles. The molecule has 0 saturated carbocycles. The summed E-state index contributed by atoms with van der Waals surface area (Å²) in [6.07, 6.45) is 0.101. The average Bonchev–Trinajstić information content (AvgIpc) is 3.06. The summed E-state index contributed by atoms with van der Waals surface area (Å²) in [4.78, 5) is 24.1. The zero-order chi connectivity index (χ0) is 19.4. The summed E-state index contributed by atoms with van der Waals surface area (Å²) in [6, 6.07) is 14.0. The van der Waals surface area contributed by atoms with E-state index in [9.17, 15) is 14.0 Å². The molecular formula is C19H13BrClFN2O3. The van der Waals surface area contributed by atoms with E-state index in [4.69, 9.17) is 16.0 Å². The number of benzene rings is 2. The van der Waals surface area contributed by atoms with Gasteiger partial charge in [-0.05, 0) is 64.0 Å². The first-order chi connectivity index (χ1) is 12.9. The molecule has 3 aromatic rings. The van der Waals surface area contributed by atoms with Crippen molar-refractivity contribution in [3.05, 3.63) is 81.4 Å². The van der Waals surface area contributed by atoms with Gasteiger partial charge in [-0.3, -0.25) is 9.59 Å². The van der Waals surface area contributed by atoms with Gasteiger partial charge in [-0.15, -0.1) is 0 Å². The van der Waals surface area contributed by atoms with Crippen molar-refractivity contribution < 1.29 is 18.4 Å². The van der Waals surface area contributed by atoms with Crippen molar-refractivity contribution >= 4 is 50.7 Å². The van der Waals surface area contributed by atoms with Crippen LogP contribution in [0.5, 0.6) is 0 Å². The molecule has 138 valence electrons. The van der Waals surface area contributed by atoms with Crippen LogP contribution in [0.4, 0.5) is 15.8 Å². The molecular weight excluding hydrogens is 439 g/mol. The predicted molar refractivity (Wildman–Crippen MR) is 105 cm³/mol. The SMILES string of the molecule is O=C(Cc1ccc(NC(=O)c2ccc(Br)o2)cc1)Nc1ccc(Cl)c(F)c1. The number of carbonyl (C=O) groups is 2. The summed E-state index contributed by atoms with van der Waals surface area (Å²) in [5.74, 6) is -1.09. The third kappa shape index (κ3) is 5.18. The van der Waals surface area contributed by atoms with Gasteiger partial charge in [0, 0.05) is 11.4 Å². The van der Waals surface area contributed by atoms with Gasteiger partial charge >= 0.3 is 0 Å². The topological polar surface area (TPSA) is 71.3 Å². The maximum Gasteiger partial charge on any atom is 0.291 e. The van der Waals surface area contributed by atoms with Crippen molar-refractivity contribution in [2.45, 2.75) is 6.42 Å². The van der Waals surface area contributed by atoms with Gasteiger partial charge in [0.05, 0.1) is 11.4 Å². The number of anilines is 2. The fourth-order valence-corrected chi connectivity index (χ4v) is 2.72. The van der Waals surface area contributed by atoms with Crippen LogP contribution in [0.2, 0.25) is 5.02 Å². The molecule has 5 nitrogen and oxygen atoms in total. The van der Waals surface area contributed by atoms with Gasteiger partial charge in [0.2, 0.25) is 5.91 Å². The van der Waals surface area contributed by atoms with Crippen LogP contribution in [0.1, 0.15) is 16.1 Å². The van der Waals surface area contributed by atoms with E-state index >= 15 is 0 Å². The van der Waals surface area contributed by atoms with E-state index < -0.39 is 5.82 Å². The van der Waals surface area contributed by atoms with Gasteiger partial charge in [0.25, 0.3) is 5.91 Å². The quantitative estimate of drug-likeness (QED) is 0.555. The van der Waals surface area contributed by atoms with E-state index in [-0.39, 0.29) is 29.0 Å². The lowest BCUT2D eigenvalue weighted by atomic mass is 10.1. The Bertz CT molecular complexity index is 989. The Morgan fingerprint density at radius 1 is 1.00 bits per heavy atom. The van der Waals surface area contributed by atoms with Gasteiger partial charge in [0.15, 0.2) is 10.4 Å². The number of hydrogen-bond acceptors (Lipinski definition) is 3. The number of hydrogen-bond donors (Lipinski definition) is 2. The van der Waals surface area contributed by atoms with Crippen molar-refractivity contribution in [2.24, 2.45) is 0 Å². The highest BCUT2D eigenvalue weighted by atomic mass is 79.9. The van der Waals surface area contributed by atoms with Crippen LogP contribution >= 0.6 is 27.5 Å². The smallest absolute Gasteiger partial charge is 0.291 e. The van der Waals surface area contributed by atoms with Gasteiger partial charge in [-0.1, -0.05) is 23.7 Å². The number of rotatable bonds is 5. The van der Waals surface area contributed by atoms with Crippen LogP contribution < -0.4 is 10.6 Å². The van der Waals surface area contributed by atoms with E-state index in [0.717, 1.165) is 11.6 Å². The normalized spacial score (nSPS) is 10.5. The number of amides is 2. The lowest BCUT2D eigenvalue weighted by Gasteiger charge is -2.07. The molecule has 8 heteroatoms. The van der Waals surface area contributed by atoms with Gasteiger partial charge in [0.1, 0.15) is 5.82 Å². The van der Waals surface area contributed by atoms with Crippen molar-refractivity contribution in [3.63, 3.8) is 0 Å². The second-order valence-electron chi connectivity index (χ2n) is 5.61. The van der Waals surface area contributed by atoms with Gasteiger partial charge in [-0.2, -0.15) is 0 Å². The van der Waals surface area contributed by atoms with Crippen LogP contribution in [0.3, 0.4) is 0 Å². The molecule has 0 spiro atoms. The Labute approximate surface area is 167 Å². The highest BCUT2D eigenvalue weighted by molar-refractivity contribution is 9.10. The highest BCUT2D eigenvalue weighted by Gasteiger charge is 2.11. The molecule has 0 aliphatic rings. The summed E-state index contributed by atoms with van der Waals surface area (Å²) < 4.78 is 19.1. The molecule has 2 N–H and O–H groups in total. The Morgan fingerprint density at radius 2 is 1.70 bits per heavy atom. The molecule has 2 aromatic carbocycles. The van der Waals surface area contributed by atoms with Gasteiger partial charge < -0.3 is 15.1 Å². The Hall–Kier alpha value is -2.64. The molecule has 0 saturated heterocycles. The highest BCUT2D eigenvalue weighted by Crippen LogP contribution is 2.19. The van der Waals surface area contributed by atoms with Crippen LogP contribution in [-0.2, 0) is 11.2 Å². The molecule has 0 aliphatic carbocycles. The number of carbonyl (C=O) groups excluding carboxylic acids is 2. The van der Waals surface area contributed by atoms with Crippen LogP contribution in [0.25, 0.3) is 0 Å². The van der Waals surface area contributed by atoms with Crippen molar-refractivity contribution in [3.8, 4) is 0 Å². The fraction of sp³-hybridized carbons (Fsp3) is 0.0526. The lowest BCUT2D eigenvalue weighted by molar-refractivity contribution is -0.115. The van der Waals surface area contributed by atoms with E-state index in [1.165, 1.54) is 12.1 Å². The monoisotopic (exact) mass is 450 g/mol. The summed E-state index contributed by atoms with van der Waals surface area (Å²) in [5.41, 5.74) is 1.63. The minimum atomic E-state index is -0.599. The molecule has 1 aromatic heterocycles. The molecule has 2 amide bonds. The largest absolute Gasteiger partial charge is 0.444 e. The summed E-state index contributed by atoms with van der Waals surface area (Å²) in [7, 11) is 0. The molecule has 0 fully saturated rings. The average molecular weight is 452 g/mol. The molecule has 0 radical (unpaired) electrons. The van der Waals surface area contributed by atoms with E-state index in [2.05, 4.69) is 26.6 Å². The Morgan fingerprint density at radius 3 is 2.33 bits per heavy atom. The number of nitrogens with one attached hydrogen (secondary N) is 2. The number of furan rings is 1. The molecule has 27 heavy (non-hydrogen) atoms. The summed E-state index contributed by atoms with van der Waals surface area (Å²) in [6.45, 7) is 0. The predicted octanol–water partition coefficient (Wildman–Crippen LogP) is 5.27. The first-order valence-electron chi connectivity index (χ1n) is 7.81. The minimum absolute atomic E-state index is 0.00691. The zero-order valence-corrected chi connectivity index (χ0v) is 16.1. The second-order valence-corrected chi connectivity index (χ2v) is 6.80. The first-order valence-corrected chi connectivity index (χ1v) is 8.98. The van der Waals surface area contributed by atoms with Gasteiger partial charge in [-0.25, -0.2) is 4.39 Å². The molecule has 0 unspecified atom stereocenters. The third-order valence-electron chi connectivity index (χ3n) is 3.58. The van der Waals surface area contributed by atoms with Crippen LogP contribution in [-0.4, -0.2) is 11.8 Å². The van der Waals surface area contributed by atoms with E-state index in [1.54, 1.807) is 36.4 Å². The van der Waals surface area contributed by atoms with E-state index in [0.29, 0.717) is 16.0 Å². The lowest BCUT2D eigenvalue weighted by Crippen LogP contribution is -2.14. The maximum atomic E-state index is 13.4.